The van der Waals surface area contributed by atoms with Gasteiger partial charge in [-0.1, -0.05) is 24.3 Å². The molecule has 1 aliphatic heterocycles. The number of para-hydroxylation sites is 1. The molecule has 0 radical (unpaired) electrons. The molecule has 1 atom stereocenters. The van der Waals surface area contributed by atoms with Crippen molar-refractivity contribution in [2.24, 2.45) is 0 Å². The number of aromatic hydroxyl groups is 1. The van der Waals surface area contributed by atoms with Crippen molar-refractivity contribution in [3.8, 4) is 23.0 Å². The molecule has 0 aliphatic carbocycles. The summed E-state index contributed by atoms with van der Waals surface area (Å²) in [5, 5.41) is 9.70. The quantitative estimate of drug-likeness (QED) is 0.322. The van der Waals surface area contributed by atoms with Gasteiger partial charge >= 0.3 is 6.18 Å². The molecule has 0 bridgehead atoms. The van der Waals surface area contributed by atoms with Gasteiger partial charge in [-0.3, -0.25) is 4.79 Å². The minimum Gasteiger partial charge on any atom is -0.508 e. The Kier molecular flexibility index (Phi) is 6.20. The van der Waals surface area contributed by atoms with E-state index in [-0.39, 0.29) is 48.4 Å². The highest BCUT2D eigenvalue weighted by Gasteiger charge is 2.47. The fraction of sp³-hybridized carbons (Fsp3) is 0.185. The highest BCUT2D eigenvalue weighted by molar-refractivity contribution is 6.06. The average Bonchev–Trinajstić information content (AvgIpc) is 3.34. The molecule has 6 nitrogen and oxygen atoms in total. The number of ketones is 1. The monoisotopic (exact) mass is 513 g/mol. The van der Waals surface area contributed by atoms with Crippen molar-refractivity contribution in [3.63, 3.8) is 0 Å². The number of alkyl halides is 3. The summed E-state index contributed by atoms with van der Waals surface area (Å²) >= 11 is 0. The Balaban J connectivity index is 1.37. The first-order chi connectivity index (χ1) is 17.7. The Hall–Kier alpha value is -4.18. The number of phenols is 1. The maximum Gasteiger partial charge on any atom is 0.416 e. The number of aromatic nitrogens is 1. The van der Waals surface area contributed by atoms with E-state index in [2.05, 4.69) is 4.98 Å². The summed E-state index contributed by atoms with van der Waals surface area (Å²) in [6, 6.07) is 14.8. The van der Waals surface area contributed by atoms with Gasteiger partial charge in [-0.25, -0.2) is 9.37 Å². The van der Waals surface area contributed by atoms with Crippen molar-refractivity contribution in [2.75, 3.05) is 13.2 Å². The summed E-state index contributed by atoms with van der Waals surface area (Å²) < 4.78 is 70.4. The van der Waals surface area contributed by atoms with Crippen LogP contribution in [0.1, 0.15) is 27.2 Å². The third kappa shape index (κ3) is 4.79. The number of Topliss-reactive ketones (excluding diaryl/α,β-unsaturated/α-hetero) is 1. The average molecular weight is 513 g/mol. The molecule has 10 heteroatoms. The number of halogens is 4. The predicted octanol–water partition coefficient (Wildman–Crippen LogP) is 5.94. The minimum absolute atomic E-state index is 0.0173. The van der Waals surface area contributed by atoms with Crippen molar-refractivity contribution >= 4 is 5.78 Å². The molecule has 4 aromatic rings. The lowest BCUT2D eigenvalue weighted by molar-refractivity contribution is -0.137. The standard InChI is InChI=1S/C27H19F4NO5/c28-19-12-16(11-18(13-19)27(29,30)31)25-32-14-21(37-25)9-10-36-26(17-5-7-20(33)8-6-17)15-35-23-4-2-1-3-22(23)24(26)34/h1-8,11-14,33H,9-10,15H2. The molecule has 0 saturated heterocycles. The van der Waals surface area contributed by atoms with E-state index in [4.69, 9.17) is 13.9 Å². The summed E-state index contributed by atoms with van der Waals surface area (Å²) in [4.78, 5) is 17.5. The summed E-state index contributed by atoms with van der Waals surface area (Å²) in [7, 11) is 0. The van der Waals surface area contributed by atoms with Crippen LogP contribution in [-0.2, 0) is 22.9 Å². The topological polar surface area (TPSA) is 81.8 Å². The number of fused-ring (bicyclic) bond motifs is 1. The summed E-state index contributed by atoms with van der Waals surface area (Å²) in [5.74, 6) is -0.863. The van der Waals surface area contributed by atoms with Gasteiger partial charge in [0.05, 0.1) is 23.9 Å². The van der Waals surface area contributed by atoms with Crippen LogP contribution in [0.3, 0.4) is 0 Å². The SMILES string of the molecule is O=C1c2ccccc2OCC1(OCCc1cnc(-c2cc(F)cc(C(F)(F)F)c2)o1)c1ccc(O)cc1. The first kappa shape index (κ1) is 24.5. The van der Waals surface area contributed by atoms with Crippen molar-refractivity contribution in [2.45, 2.75) is 18.2 Å². The summed E-state index contributed by atoms with van der Waals surface area (Å²) in [5.41, 5.74) is -2.00. The molecule has 3 aromatic carbocycles. The van der Waals surface area contributed by atoms with Crippen molar-refractivity contribution < 1.29 is 41.4 Å². The number of rotatable bonds is 6. The van der Waals surface area contributed by atoms with Gasteiger partial charge in [0.15, 0.2) is 5.60 Å². The number of phenolic OH excluding ortho intramolecular Hbond substituents is 1. The van der Waals surface area contributed by atoms with Crippen LogP contribution in [-0.4, -0.2) is 29.1 Å². The molecular formula is C27H19F4NO5. The fourth-order valence-electron chi connectivity index (χ4n) is 4.14. The van der Waals surface area contributed by atoms with Crippen LogP contribution in [0.15, 0.2) is 77.3 Å². The molecule has 5 rings (SSSR count). The van der Waals surface area contributed by atoms with Crippen LogP contribution >= 0.6 is 0 Å². The Morgan fingerprint density at radius 3 is 2.57 bits per heavy atom. The molecule has 1 aliphatic rings. The number of nitrogens with zero attached hydrogens (tertiary/aromatic N) is 1. The minimum atomic E-state index is -4.73. The number of carbonyl (C=O) groups is 1. The van der Waals surface area contributed by atoms with Gasteiger partial charge < -0.3 is 19.0 Å². The molecule has 190 valence electrons. The molecule has 2 heterocycles. The predicted molar refractivity (Wildman–Crippen MR) is 123 cm³/mol. The second kappa shape index (κ2) is 9.36. The van der Waals surface area contributed by atoms with E-state index in [1.54, 1.807) is 36.4 Å². The third-order valence-corrected chi connectivity index (χ3v) is 5.99. The van der Waals surface area contributed by atoms with Crippen LogP contribution in [0.5, 0.6) is 11.5 Å². The Morgan fingerprint density at radius 1 is 1.05 bits per heavy atom. The number of carbonyl (C=O) groups excluding carboxylic acids is 1. The lowest BCUT2D eigenvalue weighted by atomic mass is 9.84. The molecule has 1 N–H and O–H groups in total. The zero-order chi connectivity index (χ0) is 26.2. The number of ether oxygens (including phenoxy) is 2. The first-order valence-corrected chi connectivity index (χ1v) is 11.2. The molecular weight excluding hydrogens is 494 g/mol. The lowest BCUT2D eigenvalue weighted by Gasteiger charge is -2.36. The van der Waals surface area contributed by atoms with Gasteiger partial charge in [-0.05, 0) is 48.0 Å². The maximum absolute atomic E-state index is 13.8. The van der Waals surface area contributed by atoms with Gasteiger partial charge in [0.1, 0.15) is 29.7 Å². The Labute approximate surface area is 208 Å². The van der Waals surface area contributed by atoms with Crippen LogP contribution in [0, 0.1) is 5.82 Å². The second-order valence-corrected chi connectivity index (χ2v) is 8.44. The normalized spacial score (nSPS) is 17.4. The van der Waals surface area contributed by atoms with Crippen molar-refractivity contribution in [1.82, 2.24) is 4.98 Å². The number of benzene rings is 3. The number of hydrogen-bond donors (Lipinski definition) is 1. The van der Waals surface area contributed by atoms with E-state index in [0.29, 0.717) is 22.9 Å². The fourth-order valence-corrected chi connectivity index (χ4v) is 4.14. The smallest absolute Gasteiger partial charge is 0.416 e. The molecule has 0 spiro atoms. The van der Waals surface area contributed by atoms with E-state index in [1.165, 1.54) is 18.3 Å². The largest absolute Gasteiger partial charge is 0.508 e. The van der Waals surface area contributed by atoms with Crippen LogP contribution < -0.4 is 4.74 Å². The van der Waals surface area contributed by atoms with E-state index >= 15 is 0 Å². The highest BCUT2D eigenvalue weighted by Crippen LogP contribution is 2.39. The molecule has 0 saturated carbocycles. The molecule has 1 unspecified atom stereocenters. The Bertz CT molecular complexity index is 1450. The zero-order valence-electron chi connectivity index (χ0n) is 19.1. The molecule has 37 heavy (non-hydrogen) atoms. The number of hydrogen-bond acceptors (Lipinski definition) is 6. The van der Waals surface area contributed by atoms with E-state index in [9.17, 15) is 27.5 Å². The summed E-state index contributed by atoms with van der Waals surface area (Å²) in [6.45, 7) is -0.150. The van der Waals surface area contributed by atoms with Gasteiger partial charge in [0.2, 0.25) is 11.7 Å². The molecule has 0 fully saturated rings. The van der Waals surface area contributed by atoms with Gasteiger partial charge in [-0.15, -0.1) is 0 Å². The van der Waals surface area contributed by atoms with Gasteiger partial charge in [0.25, 0.3) is 0 Å². The van der Waals surface area contributed by atoms with Crippen LogP contribution in [0.4, 0.5) is 17.6 Å². The summed E-state index contributed by atoms with van der Waals surface area (Å²) in [6.07, 6.45) is -3.31. The lowest BCUT2D eigenvalue weighted by Crippen LogP contribution is -2.47. The van der Waals surface area contributed by atoms with E-state index in [1.807, 2.05) is 0 Å². The second-order valence-electron chi connectivity index (χ2n) is 8.44. The van der Waals surface area contributed by atoms with E-state index in [0.717, 1.165) is 12.1 Å². The Morgan fingerprint density at radius 2 is 1.81 bits per heavy atom. The molecule has 1 aromatic heterocycles. The molecule has 0 amide bonds. The van der Waals surface area contributed by atoms with Crippen LogP contribution in [0.25, 0.3) is 11.5 Å². The van der Waals surface area contributed by atoms with Crippen molar-refractivity contribution in [3.05, 3.63) is 101 Å². The highest BCUT2D eigenvalue weighted by atomic mass is 19.4. The van der Waals surface area contributed by atoms with E-state index < -0.39 is 23.2 Å². The zero-order valence-corrected chi connectivity index (χ0v) is 19.1. The van der Waals surface area contributed by atoms with Gasteiger partial charge in [0, 0.05) is 12.0 Å². The first-order valence-electron chi connectivity index (χ1n) is 11.2. The van der Waals surface area contributed by atoms with Crippen molar-refractivity contribution in [1.29, 1.82) is 0 Å². The number of oxazole rings is 1. The third-order valence-electron chi connectivity index (χ3n) is 5.99. The maximum atomic E-state index is 13.8. The van der Waals surface area contributed by atoms with Gasteiger partial charge in [-0.2, -0.15) is 13.2 Å². The van der Waals surface area contributed by atoms with Crippen LogP contribution in [0.2, 0.25) is 0 Å².